The van der Waals surface area contributed by atoms with Crippen LogP contribution in [0.15, 0.2) is 54.9 Å². The molecule has 2 heterocycles. The Hall–Kier alpha value is -3.36. The summed E-state index contributed by atoms with van der Waals surface area (Å²) in [4.78, 5) is 16.2. The zero-order chi connectivity index (χ0) is 20.9. The number of halogens is 3. The minimum atomic E-state index is -4.50. The van der Waals surface area contributed by atoms with Crippen molar-refractivity contribution < 1.29 is 18.0 Å². The van der Waals surface area contributed by atoms with Gasteiger partial charge in [0, 0.05) is 19.3 Å². The van der Waals surface area contributed by atoms with E-state index in [1.54, 1.807) is 4.68 Å². The average molecular weight is 403 g/mol. The molecule has 2 aromatic heterocycles. The number of nitrogens with one attached hydrogen (secondary N) is 2. The number of para-hydroxylation sites is 1. The number of carbonyl (C=O) groups is 1. The van der Waals surface area contributed by atoms with Gasteiger partial charge in [0.2, 0.25) is 0 Å². The summed E-state index contributed by atoms with van der Waals surface area (Å²) in [6.45, 7) is 2.15. The van der Waals surface area contributed by atoms with Gasteiger partial charge in [-0.15, -0.1) is 0 Å². The van der Waals surface area contributed by atoms with Crippen LogP contribution >= 0.6 is 0 Å². The maximum atomic E-state index is 13.0. The van der Waals surface area contributed by atoms with Crippen LogP contribution < -0.4 is 10.6 Å². The molecule has 0 aliphatic rings. The number of amides is 1. The predicted molar refractivity (Wildman–Crippen MR) is 103 cm³/mol. The number of anilines is 1. The number of aromatic nitrogens is 3. The molecule has 29 heavy (non-hydrogen) atoms. The number of hydrogen-bond acceptors (Lipinski definition) is 4. The minimum Gasteiger partial charge on any atom is -0.368 e. The Balaban J connectivity index is 1.62. The summed E-state index contributed by atoms with van der Waals surface area (Å²) in [5.74, 6) is -0.594. The molecule has 0 fully saturated rings. The van der Waals surface area contributed by atoms with E-state index in [1.165, 1.54) is 18.5 Å². The number of nitrogens with zero attached hydrogens (tertiary/aromatic N) is 3. The third kappa shape index (κ3) is 4.74. The molecule has 152 valence electrons. The molecule has 1 aromatic carbocycles. The summed E-state index contributed by atoms with van der Waals surface area (Å²) in [5, 5.41) is 9.62. The summed E-state index contributed by atoms with van der Waals surface area (Å²) in [6.07, 6.45) is -1.13. The molecule has 1 amide bonds. The van der Waals surface area contributed by atoms with E-state index in [9.17, 15) is 18.0 Å². The molecule has 0 aliphatic heterocycles. The maximum absolute atomic E-state index is 13.0. The zero-order valence-corrected chi connectivity index (χ0v) is 15.7. The molecule has 3 rings (SSSR count). The van der Waals surface area contributed by atoms with E-state index in [0.29, 0.717) is 12.0 Å². The second-order valence-electron chi connectivity index (χ2n) is 6.19. The Morgan fingerprint density at radius 3 is 2.55 bits per heavy atom. The molecule has 0 aliphatic carbocycles. The van der Waals surface area contributed by atoms with E-state index in [2.05, 4.69) is 20.7 Å². The van der Waals surface area contributed by atoms with Crippen molar-refractivity contribution in [3.8, 4) is 5.69 Å². The van der Waals surface area contributed by atoms with Crippen LogP contribution in [0.1, 0.15) is 28.5 Å². The van der Waals surface area contributed by atoms with E-state index < -0.39 is 11.7 Å². The zero-order valence-electron chi connectivity index (χ0n) is 15.7. The van der Waals surface area contributed by atoms with Crippen LogP contribution in [0.2, 0.25) is 0 Å². The standard InChI is InChI=1S/C20H20F3N5O/c1-2-17-15(13-27-28(17)14-7-4-3-5-8-14)19(29)26-12-11-25-18-16(20(21,22)23)9-6-10-24-18/h3-10,13H,2,11-12H2,1H3,(H,24,25)(H,26,29). The normalized spacial score (nSPS) is 11.3. The molecule has 0 spiro atoms. The first kappa shape index (κ1) is 20.4. The first-order valence-corrected chi connectivity index (χ1v) is 9.08. The number of benzene rings is 1. The highest BCUT2D eigenvalue weighted by Gasteiger charge is 2.33. The van der Waals surface area contributed by atoms with Crippen LogP contribution in [0, 0.1) is 0 Å². The van der Waals surface area contributed by atoms with E-state index in [1.807, 2.05) is 37.3 Å². The van der Waals surface area contributed by atoms with E-state index >= 15 is 0 Å². The van der Waals surface area contributed by atoms with Gasteiger partial charge in [-0.3, -0.25) is 4.79 Å². The van der Waals surface area contributed by atoms with Crippen molar-refractivity contribution >= 4 is 11.7 Å². The van der Waals surface area contributed by atoms with Gasteiger partial charge in [-0.1, -0.05) is 25.1 Å². The SMILES string of the molecule is CCc1c(C(=O)NCCNc2ncccc2C(F)(F)F)cnn1-c1ccccc1. The molecule has 0 saturated carbocycles. The van der Waals surface area contributed by atoms with Crippen LogP contribution in [0.5, 0.6) is 0 Å². The second kappa shape index (κ2) is 8.76. The molecular weight excluding hydrogens is 383 g/mol. The quantitative estimate of drug-likeness (QED) is 0.591. The lowest BCUT2D eigenvalue weighted by Gasteiger charge is -2.13. The molecule has 0 radical (unpaired) electrons. The minimum absolute atomic E-state index is 0.0973. The molecule has 9 heteroatoms. The van der Waals surface area contributed by atoms with Gasteiger partial charge in [0.25, 0.3) is 5.91 Å². The summed E-state index contributed by atoms with van der Waals surface area (Å²) < 4.78 is 40.6. The van der Waals surface area contributed by atoms with Crippen LogP contribution in [-0.4, -0.2) is 33.8 Å². The fraction of sp³-hybridized carbons (Fsp3) is 0.250. The highest BCUT2D eigenvalue weighted by atomic mass is 19.4. The number of pyridine rings is 1. The van der Waals surface area contributed by atoms with Crippen molar-refractivity contribution in [3.05, 3.63) is 71.7 Å². The largest absolute Gasteiger partial charge is 0.419 e. The molecule has 0 atom stereocenters. The molecular formula is C20H20F3N5O. The van der Waals surface area contributed by atoms with Crippen LogP contribution in [0.4, 0.5) is 19.0 Å². The van der Waals surface area contributed by atoms with Gasteiger partial charge in [0.05, 0.1) is 28.7 Å². The number of hydrogen-bond donors (Lipinski definition) is 2. The molecule has 2 N–H and O–H groups in total. The van der Waals surface area contributed by atoms with Crippen LogP contribution in [0.3, 0.4) is 0 Å². The maximum Gasteiger partial charge on any atom is 0.419 e. The third-order valence-corrected chi connectivity index (χ3v) is 4.27. The van der Waals surface area contributed by atoms with Crippen molar-refractivity contribution in [2.45, 2.75) is 19.5 Å². The first-order chi connectivity index (χ1) is 13.9. The van der Waals surface area contributed by atoms with Gasteiger partial charge in [0.1, 0.15) is 5.82 Å². The fourth-order valence-corrected chi connectivity index (χ4v) is 2.92. The Bertz CT molecular complexity index is 970. The Morgan fingerprint density at radius 2 is 1.86 bits per heavy atom. The number of carbonyl (C=O) groups excluding carboxylic acids is 1. The first-order valence-electron chi connectivity index (χ1n) is 9.08. The topological polar surface area (TPSA) is 71.8 Å². The lowest BCUT2D eigenvalue weighted by molar-refractivity contribution is -0.137. The van der Waals surface area contributed by atoms with E-state index in [-0.39, 0.29) is 24.8 Å². The predicted octanol–water partition coefficient (Wildman–Crippen LogP) is 3.69. The van der Waals surface area contributed by atoms with Gasteiger partial charge in [-0.25, -0.2) is 9.67 Å². The van der Waals surface area contributed by atoms with Gasteiger partial charge in [-0.2, -0.15) is 18.3 Å². The van der Waals surface area contributed by atoms with E-state index in [4.69, 9.17) is 0 Å². The Morgan fingerprint density at radius 1 is 1.10 bits per heavy atom. The third-order valence-electron chi connectivity index (χ3n) is 4.27. The van der Waals surface area contributed by atoms with Gasteiger partial charge in [-0.05, 0) is 30.7 Å². The summed E-state index contributed by atoms with van der Waals surface area (Å²) in [7, 11) is 0. The van der Waals surface area contributed by atoms with Gasteiger partial charge in [0.15, 0.2) is 0 Å². The van der Waals surface area contributed by atoms with Gasteiger partial charge < -0.3 is 10.6 Å². The molecule has 0 saturated heterocycles. The van der Waals surface area contributed by atoms with Crippen molar-refractivity contribution in [3.63, 3.8) is 0 Å². The van der Waals surface area contributed by atoms with Crippen molar-refractivity contribution in [1.29, 1.82) is 0 Å². The molecule has 3 aromatic rings. The lowest BCUT2D eigenvalue weighted by atomic mass is 10.2. The van der Waals surface area contributed by atoms with Crippen molar-refractivity contribution in [1.82, 2.24) is 20.1 Å². The molecule has 0 unspecified atom stereocenters. The van der Waals surface area contributed by atoms with Crippen molar-refractivity contribution in [2.24, 2.45) is 0 Å². The smallest absolute Gasteiger partial charge is 0.368 e. The van der Waals surface area contributed by atoms with Crippen LogP contribution in [0.25, 0.3) is 5.69 Å². The summed E-state index contributed by atoms with van der Waals surface area (Å²) in [6, 6.07) is 11.6. The van der Waals surface area contributed by atoms with Crippen LogP contribution in [-0.2, 0) is 12.6 Å². The Labute approximate surface area is 165 Å². The Kier molecular flexibility index (Phi) is 6.16. The molecule has 0 bridgehead atoms. The second-order valence-corrected chi connectivity index (χ2v) is 6.19. The molecule has 6 nitrogen and oxygen atoms in total. The lowest BCUT2D eigenvalue weighted by Crippen LogP contribution is -2.29. The number of alkyl halides is 3. The monoisotopic (exact) mass is 403 g/mol. The number of rotatable bonds is 7. The fourth-order valence-electron chi connectivity index (χ4n) is 2.92. The van der Waals surface area contributed by atoms with E-state index in [0.717, 1.165) is 17.4 Å². The highest BCUT2D eigenvalue weighted by molar-refractivity contribution is 5.95. The van der Waals surface area contributed by atoms with Crippen molar-refractivity contribution in [2.75, 3.05) is 18.4 Å². The summed E-state index contributed by atoms with van der Waals surface area (Å²) in [5.41, 5.74) is 1.19. The highest BCUT2D eigenvalue weighted by Crippen LogP contribution is 2.33. The van der Waals surface area contributed by atoms with Gasteiger partial charge >= 0.3 is 6.18 Å². The average Bonchev–Trinajstić information content (AvgIpc) is 3.15. The summed E-state index contributed by atoms with van der Waals surface area (Å²) >= 11 is 0.